The van der Waals surface area contributed by atoms with Crippen molar-refractivity contribution in [1.29, 1.82) is 0 Å². The van der Waals surface area contributed by atoms with Gasteiger partial charge in [-0.3, -0.25) is 9.59 Å². The third-order valence-corrected chi connectivity index (χ3v) is 4.08. The lowest BCUT2D eigenvalue weighted by Crippen LogP contribution is -2.29. The Bertz CT molecular complexity index is 821. The zero-order valence-electron chi connectivity index (χ0n) is 13.1. The van der Waals surface area contributed by atoms with Crippen molar-refractivity contribution in [3.05, 3.63) is 69.6 Å². The highest BCUT2D eigenvalue weighted by Crippen LogP contribution is 2.22. The van der Waals surface area contributed by atoms with Crippen LogP contribution in [0.3, 0.4) is 0 Å². The molecular weight excluding hydrogens is 290 g/mol. The fourth-order valence-electron chi connectivity index (χ4n) is 2.79. The van der Waals surface area contributed by atoms with Crippen LogP contribution in [0.25, 0.3) is 0 Å². The Hall–Kier alpha value is -2.69. The minimum absolute atomic E-state index is 0.0410. The molecule has 1 amide bonds. The molecule has 118 valence electrons. The van der Waals surface area contributed by atoms with E-state index in [1.54, 1.807) is 18.3 Å². The molecule has 5 nitrogen and oxygen atoms in total. The quantitative estimate of drug-likeness (QED) is 0.692. The first-order chi connectivity index (χ1) is 11.1. The van der Waals surface area contributed by atoms with Crippen molar-refractivity contribution in [1.82, 2.24) is 9.99 Å². The minimum atomic E-state index is -0.321. The summed E-state index contributed by atoms with van der Waals surface area (Å²) in [6.07, 6.45) is 5.05. The number of fused-ring (bicyclic) bond motifs is 1. The summed E-state index contributed by atoms with van der Waals surface area (Å²) in [7, 11) is 0. The number of carbonyl (C=O) groups excluding carboxylic acids is 1. The van der Waals surface area contributed by atoms with Gasteiger partial charge in [-0.1, -0.05) is 18.2 Å². The second-order valence-corrected chi connectivity index (χ2v) is 5.74. The van der Waals surface area contributed by atoms with E-state index in [9.17, 15) is 9.59 Å². The first-order valence-electron chi connectivity index (χ1n) is 7.74. The Morgan fingerprint density at radius 1 is 1.22 bits per heavy atom. The molecule has 0 bridgehead atoms. The summed E-state index contributed by atoms with van der Waals surface area (Å²) >= 11 is 0. The van der Waals surface area contributed by atoms with Gasteiger partial charge in [-0.15, -0.1) is 0 Å². The fraction of sp³-hybridized carbons (Fsp3) is 0.278. The van der Waals surface area contributed by atoms with E-state index in [1.807, 2.05) is 13.0 Å². The number of amides is 1. The third kappa shape index (κ3) is 3.56. The Kier molecular flexibility index (Phi) is 4.37. The number of rotatable bonds is 4. The number of nitrogens with one attached hydrogen (secondary N) is 1. The van der Waals surface area contributed by atoms with Crippen molar-refractivity contribution >= 4 is 11.6 Å². The number of pyridine rings is 1. The average molecular weight is 309 g/mol. The molecule has 1 heterocycles. The van der Waals surface area contributed by atoms with Gasteiger partial charge in [0.25, 0.3) is 11.5 Å². The number of carbonyl (C=O) groups is 1. The summed E-state index contributed by atoms with van der Waals surface area (Å²) in [6.45, 7) is 1.83. The fourth-order valence-corrected chi connectivity index (χ4v) is 2.79. The van der Waals surface area contributed by atoms with Crippen molar-refractivity contribution in [2.24, 2.45) is 5.10 Å². The number of hydrogen-bond donors (Lipinski definition) is 1. The maximum Gasteiger partial charge on any atom is 0.260 e. The molecule has 0 fully saturated rings. The lowest BCUT2D eigenvalue weighted by Gasteiger charge is -2.06. The Labute approximate surface area is 134 Å². The summed E-state index contributed by atoms with van der Waals surface area (Å²) in [4.78, 5) is 23.5. The molecule has 0 spiro atoms. The van der Waals surface area contributed by atoms with Crippen LogP contribution in [0.15, 0.2) is 52.5 Å². The molecule has 0 atom stereocenters. The van der Waals surface area contributed by atoms with Gasteiger partial charge in [0.05, 0.1) is 5.71 Å². The maximum atomic E-state index is 11.9. The average Bonchev–Trinajstić information content (AvgIpc) is 3.02. The van der Waals surface area contributed by atoms with Crippen LogP contribution in [0, 0.1) is 0 Å². The van der Waals surface area contributed by atoms with Gasteiger partial charge < -0.3 is 4.57 Å². The largest absolute Gasteiger partial charge is 0.306 e. The van der Waals surface area contributed by atoms with Crippen LogP contribution in [-0.2, 0) is 24.2 Å². The van der Waals surface area contributed by atoms with Crippen LogP contribution in [-0.4, -0.2) is 16.2 Å². The second kappa shape index (κ2) is 6.60. The van der Waals surface area contributed by atoms with E-state index in [0.717, 1.165) is 24.1 Å². The summed E-state index contributed by atoms with van der Waals surface area (Å²) in [5, 5.41) is 4.15. The van der Waals surface area contributed by atoms with E-state index in [4.69, 9.17) is 0 Å². The van der Waals surface area contributed by atoms with Crippen molar-refractivity contribution in [3.8, 4) is 0 Å². The normalized spacial score (nSPS) is 13.7. The number of hydrogen-bond acceptors (Lipinski definition) is 3. The summed E-state index contributed by atoms with van der Waals surface area (Å²) in [5.74, 6) is -0.321. The topological polar surface area (TPSA) is 63.5 Å². The molecule has 2 aromatic rings. The first kappa shape index (κ1) is 15.2. The molecule has 1 aliphatic carbocycles. The molecule has 23 heavy (non-hydrogen) atoms. The van der Waals surface area contributed by atoms with Gasteiger partial charge in [-0.05, 0) is 55.0 Å². The number of aryl methyl sites for hydroxylation is 2. The molecular formula is C18H19N3O2. The van der Waals surface area contributed by atoms with Crippen LogP contribution in [0.1, 0.15) is 30.0 Å². The first-order valence-corrected chi connectivity index (χ1v) is 7.74. The molecule has 0 saturated carbocycles. The zero-order chi connectivity index (χ0) is 16.2. The van der Waals surface area contributed by atoms with E-state index in [-0.39, 0.29) is 18.0 Å². The molecule has 0 aliphatic heterocycles. The molecule has 1 N–H and O–H groups in total. The molecule has 0 radical (unpaired) electrons. The standard InChI is InChI=1S/C18H19N3O2/c1-13(15-9-8-14-5-4-6-16(14)11-15)19-20-17(22)12-21-10-3-2-7-18(21)23/h2-3,7-11H,4-6,12H2,1H3,(H,20,22)/b19-13-. The van der Waals surface area contributed by atoms with Crippen LogP contribution in [0.5, 0.6) is 0 Å². The van der Waals surface area contributed by atoms with Gasteiger partial charge in [0.1, 0.15) is 6.54 Å². The number of nitrogens with zero attached hydrogens (tertiary/aromatic N) is 2. The Morgan fingerprint density at radius 3 is 2.87 bits per heavy atom. The Morgan fingerprint density at radius 2 is 2.04 bits per heavy atom. The highest BCUT2D eigenvalue weighted by atomic mass is 16.2. The molecule has 0 unspecified atom stereocenters. The monoisotopic (exact) mass is 309 g/mol. The number of aromatic nitrogens is 1. The van der Waals surface area contributed by atoms with Gasteiger partial charge in [0.15, 0.2) is 0 Å². The summed E-state index contributed by atoms with van der Waals surface area (Å²) in [6, 6.07) is 11.1. The lowest BCUT2D eigenvalue weighted by atomic mass is 10.0. The van der Waals surface area contributed by atoms with E-state index >= 15 is 0 Å². The van der Waals surface area contributed by atoms with Gasteiger partial charge in [-0.25, -0.2) is 5.43 Å². The predicted octanol–water partition coefficient (Wildman–Crippen LogP) is 1.88. The van der Waals surface area contributed by atoms with Crippen LogP contribution in [0.2, 0.25) is 0 Å². The van der Waals surface area contributed by atoms with Gasteiger partial charge in [-0.2, -0.15) is 5.10 Å². The molecule has 0 saturated heterocycles. The predicted molar refractivity (Wildman–Crippen MR) is 89.5 cm³/mol. The van der Waals surface area contributed by atoms with Crippen LogP contribution in [0.4, 0.5) is 0 Å². The number of benzene rings is 1. The smallest absolute Gasteiger partial charge is 0.260 e. The van der Waals surface area contributed by atoms with Gasteiger partial charge in [0.2, 0.25) is 0 Å². The molecule has 5 heteroatoms. The van der Waals surface area contributed by atoms with E-state index < -0.39 is 0 Å². The van der Waals surface area contributed by atoms with Crippen molar-refractivity contribution in [2.75, 3.05) is 0 Å². The van der Waals surface area contributed by atoms with Crippen LogP contribution < -0.4 is 11.0 Å². The highest BCUT2D eigenvalue weighted by molar-refractivity contribution is 5.99. The van der Waals surface area contributed by atoms with E-state index in [1.165, 1.54) is 28.2 Å². The Balaban J connectivity index is 1.66. The van der Waals surface area contributed by atoms with E-state index in [0.29, 0.717) is 0 Å². The number of hydrazone groups is 1. The second-order valence-electron chi connectivity index (χ2n) is 5.74. The molecule has 1 aromatic carbocycles. The maximum absolute atomic E-state index is 11.9. The molecule has 3 rings (SSSR count). The molecule has 1 aliphatic rings. The summed E-state index contributed by atoms with van der Waals surface area (Å²) in [5.41, 5.74) is 6.87. The van der Waals surface area contributed by atoms with Crippen molar-refractivity contribution < 1.29 is 4.79 Å². The van der Waals surface area contributed by atoms with Crippen molar-refractivity contribution in [2.45, 2.75) is 32.7 Å². The minimum Gasteiger partial charge on any atom is -0.306 e. The zero-order valence-corrected chi connectivity index (χ0v) is 13.1. The highest BCUT2D eigenvalue weighted by Gasteiger charge is 2.11. The SMILES string of the molecule is C/C(=N/NC(=O)Cn1ccccc1=O)c1ccc2c(c1)CCC2. The third-order valence-electron chi connectivity index (χ3n) is 4.08. The lowest BCUT2D eigenvalue weighted by molar-refractivity contribution is -0.121. The van der Waals surface area contributed by atoms with Gasteiger partial charge >= 0.3 is 0 Å². The van der Waals surface area contributed by atoms with Crippen molar-refractivity contribution in [3.63, 3.8) is 0 Å². The molecule has 1 aromatic heterocycles. The van der Waals surface area contributed by atoms with Gasteiger partial charge in [0, 0.05) is 12.3 Å². The van der Waals surface area contributed by atoms with E-state index in [2.05, 4.69) is 22.7 Å². The summed E-state index contributed by atoms with van der Waals surface area (Å²) < 4.78 is 1.34. The van der Waals surface area contributed by atoms with Crippen LogP contribution >= 0.6 is 0 Å².